The van der Waals surface area contributed by atoms with Gasteiger partial charge in [0.15, 0.2) is 0 Å². The van der Waals surface area contributed by atoms with Gasteiger partial charge in [0.1, 0.15) is 0 Å². The van der Waals surface area contributed by atoms with Gasteiger partial charge in [0.25, 0.3) is 0 Å². The summed E-state index contributed by atoms with van der Waals surface area (Å²) in [6.07, 6.45) is 0. The lowest BCUT2D eigenvalue weighted by Crippen LogP contribution is -1.95. The number of alkyl halides is 6. The molecule has 0 aromatic rings. The lowest BCUT2D eigenvalue weighted by molar-refractivity contribution is -0.141. The number of esters is 7. The third-order valence-corrected chi connectivity index (χ3v) is 2.43. The van der Waals surface area contributed by atoms with Crippen LogP contribution in [-0.4, -0.2) is 104 Å². The van der Waals surface area contributed by atoms with Crippen LogP contribution in [0.3, 0.4) is 0 Å². The molecule has 0 amide bonds. The summed E-state index contributed by atoms with van der Waals surface area (Å²) in [4.78, 5) is 68.8. The van der Waals surface area contributed by atoms with Crippen LogP contribution in [0, 0.1) is 0 Å². The van der Waals surface area contributed by atoms with Crippen molar-refractivity contribution in [2.75, 3.05) is 62.3 Å². The molecule has 0 saturated carbocycles. The van der Waals surface area contributed by atoms with E-state index in [0.717, 1.165) is 0 Å². The van der Waals surface area contributed by atoms with E-state index >= 15 is 0 Å². The van der Waals surface area contributed by atoms with Gasteiger partial charge >= 0.3 is 41.8 Å². The Kier molecular flexibility index (Phi) is 119. The summed E-state index contributed by atoms with van der Waals surface area (Å²) in [5.41, 5.74) is 0. The Morgan fingerprint density at radius 2 is 0.333 bits per heavy atom. The van der Waals surface area contributed by atoms with E-state index in [4.69, 9.17) is 69.6 Å². The molecule has 0 N–H and O–H groups in total. The Hall–Kier alpha value is -1.97. The van der Waals surface area contributed by atoms with Crippen molar-refractivity contribution >= 4 is 111 Å². The summed E-state index contributed by atoms with van der Waals surface area (Å²) in [5, 5.41) is 0.583. The number of hydrogen-bond acceptors (Lipinski definition) is 14. The van der Waals surface area contributed by atoms with Gasteiger partial charge in [-0.05, 0) is 48.5 Å². The largest absolute Gasteiger partial charge is 0.466 e. The highest BCUT2D eigenvalue weighted by atomic mass is 35.5. The maximum atomic E-state index is 9.82. The second kappa shape index (κ2) is 81.8. The van der Waals surface area contributed by atoms with E-state index in [1.54, 1.807) is 48.5 Å². The van der Waals surface area contributed by atoms with Crippen LogP contribution >= 0.6 is 69.6 Å². The molecule has 0 fully saturated rings. The molecular formula is C31H62Cl6O14. The minimum absolute atomic E-state index is 0.194. The lowest BCUT2D eigenvalue weighted by Gasteiger charge is -1.89. The fourth-order valence-corrected chi connectivity index (χ4v) is 1.42. The minimum atomic E-state index is -0.211. The zero-order valence-corrected chi connectivity index (χ0v) is 37.1. The van der Waals surface area contributed by atoms with Crippen LogP contribution in [0.25, 0.3) is 0 Å². The van der Waals surface area contributed by atoms with Crippen molar-refractivity contribution in [2.45, 2.75) is 96.9 Å². The molecule has 0 saturated heterocycles. The average molecular weight is 872 g/mol. The Labute approximate surface area is 335 Å². The molecule has 0 bridgehead atoms. The summed E-state index contributed by atoms with van der Waals surface area (Å²) in [6, 6.07) is 0. The third kappa shape index (κ3) is 281. The first-order valence-corrected chi connectivity index (χ1v) is 18.1. The Morgan fingerprint density at radius 3 is 0.333 bits per heavy atom. The standard InChI is InChI=1S/7C4H8O2.3CH2Cl2/c7*1-3-6-4(2)5;3*2-1-3/h7*3H2,1-2H3;3*1H2. The highest BCUT2D eigenvalue weighted by Crippen LogP contribution is 1.75. The van der Waals surface area contributed by atoms with Gasteiger partial charge in [-0.3, -0.25) is 33.6 Å². The first-order chi connectivity index (χ1) is 23.6. The van der Waals surface area contributed by atoms with Crippen LogP contribution in [0.15, 0.2) is 0 Å². The van der Waals surface area contributed by atoms with Crippen molar-refractivity contribution in [1.82, 2.24) is 0 Å². The smallest absolute Gasteiger partial charge is 0.302 e. The van der Waals surface area contributed by atoms with Crippen LogP contribution in [-0.2, 0) is 66.7 Å². The molecule has 0 aliphatic carbocycles. The van der Waals surface area contributed by atoms with Gasteiger partial charge < -0.3 is 33.2 Å². The fourth-order valence-electron chi connectivity index (χ4n) is 1.42. The first-order valence-electron chi connectivity index (χ1n) is 14.9. The molecular weight excluding hydrogens is 809 g/mol. The summed E-state index contributed by atoms with van der Waals surface area (Å²) in [5.74, 6) is -1.47. The highest BCUT2D eigenvalue weighted by molar-refractivity contribution is 6.41. The molecule has 51 heavy (non-hydrogen) atoms. The minimum Gasteiger partial charge on any atom is -0.466 e. The molecule has 0 unspecified atom stereocenters. The second-order valence-corrected chi connectivity index (χ2v) is 9.20. The van der Waals surface area contributed by atoms with Gasteiger partial charge in [-0.1, -0.05) is 0 Å². The van der Waals surface area contributed by atoms with Gasteiger partial charge in [0.05, 0.1) is 62.3 Å². The Balaban J connectivity index is -0.0000000463. The van der Waals surface area contributed by atoms with Crippen LogP contribution in [0.2, 0.25) is 0 Å². The summed E-state index contributed by atoms with van der Waals surface area (Å²) >= 11 is 28.6. The average Bonchev–Trinajstić information content (AvgIpc) is 2.96. The van der Waals surface area contributed by atoms with Crippen LogP contribution in [0.1, 0.15) is 96.9 Å². The summed E-state index contributed by atoms with van der Waals surface area (Å²) in [6.45, 7) is 25.6. The lowest BCUT2D eigenvalue weighted by atomic mass is 10.8. The van der Waals surface area contributed by atoms with E-state index in [9.17, 15) is 33.6 Å². The Bertz CT molecular complexity index is 571. The van der Waals surface area contributed by atoms with Crippen LogP contribution in [0.5, 0.6) is 0 Å². The van der Waals surface area contributed by atoms with Gasteiger partial charge in [-0.15, -0.1) is 69.6 Å². The van der Waals surface area contributed by atoms with E-state index in [1.807, 2.05) is 0 Å². The SMILES string of the molecule is CCOC(C)=O.CCOC(C)=O.CCOC(C)=O.CCOC(C)=O.CCOC(C)=O.CCOC(C)=O.CCOC(C)=O.ClCCl.ClCCl.ClCCl. The molecule has 0 aromatic carbocycles. The maximum absolute atomic E-state index is 9.82. The quantitative estimate of drug-likeness (QED) is 0.135. The third-order valence-electron chi connectivity index (χ3n) is 2.43. The number of carbonyl (C=O) groups is 7. The first kappa shape index (κ1) is 74.2. The number of halogens is 6. The van der Waals surface area contributed by atoms with Crippen molar-refractivity contribution < 1.29 is 66.7 Å². The van der Waals surface area contributed by atoms with Crippen molar-refractivity contribution in [3.63, 3.8) is 0 Å². The monoisotopic (exact) mass is 868 g/mol. The van der Waals surface area contributed by atoms with Gasteiger partial charge in [-0.2, -0.15) is 0 Å². The molecule has 0 atom stereocenters. The van der Waals surface area contributed by atoms with Crippen molar-refractivity contribution in [3.05, 3.63) is 0 Å². The Morgan fingerprint density at radius 1 is 0.275 bits per heavy atom. The summed E-state index contributed by atoms with van der Waals surface area (Å²) in [7, 11) is 0. The second-order valence-electron chi connectivity index (χ2n) is 6.78. The van der Waals surface area contributed by atoms with Crippen molar-refractivity contribution in [1.29, 1.82) is 0 Å². The van der Waals surface area contributed by atoms with E-state index in [-0.39, 0.29) is 57.8 Å². The molecule has 20 heteroatoms. The molecule has 0 radical (unpaired) electrons. The van der Waals surface area contributed by atoms with Gasteiger partial charge in [0.2, 0.25) is 0 Å². The van der Waals surface area contributed by atoms with E-state index in [1.165, 1.54) is 48.5 Å². The number of hydrogen-bond donors (Lipinski definition) is 0. The van der Waals surface area contributed by atoms with E-state index < -0.39 is 0 Å². The van der Waals surface area contributed by atoms with Crippen LogP contribution < -0.4 is 0 Å². The number of ether oxygens (including phenoxy) is 7. The topological polar surface area (TPSA) is 184 Å². The molecule has 0 aromatic heterocycles. The molecule has 0 heterocycles. The van der Waals surface area contributed by atoms with Crippen molar-refractivity contribution in [3.8, 4) is 0 Å². The molecule has 14 nitrogen and oxygen atoms in total. The fraction of sp³-hybridized carbons (Fsp3) is 0.774. The van der Waals surface area contributed by atoms with Crippen LogP contribution in [0.4, 0.5) is 0 Å². The molecule has 0 aliphatic heterocycles. The number of carbonyl (C=O) groups excluding carboxylic acids is 7. The molecule has 0 spiro atoms. The number of rotatable bonds is 7. The summed E-state index contributed by atoms with van der Waals surface area (Å²) < 4.78 is 30.8. The molecule has 312 valence electrons. The van der Waals surface area contributed by atoms with Gasteiger partial charge in [-0.25, -0.2) is 0 Å². The molecule has 0 aliphatic rings. The van der Waals surface area contributed by atoms with Crippen molar-refractivity contribution in [2.24, 2.45) is 0 Å². The predicted molar refractivity (Wildman–Crippen MR) is 206 cm³/mol. The van der Waals surface area contributed by atoms with E-state index in [0.29, 0.717) is 46.2 Å². The predicted octanol–water partition coefficient (Wildman–Crippen LogP) is 8.25. The highest BCUT2D eigenvalue weighted by Gasteiger charge is 1.84. The normalized spacial score (nSPS) is 7.37. The zero-order chi connectivity index (χ0) is 43.1. The maximum Gasteiger partial charge on any atom is 0.302 e. The van der Waals surface area contributed by atoms with Gasteiger partial charge in [0, 0.05) is 48.5 Å². The zero-order valence-electron chi connectivity index (χ0n) is 32.6. The van der Waals surface area contributed by atoms with E-state index in [2.05, 4.69) is 33.2 Å². The molecule has 0 rings (SSSR count).